The quantitative estimate of drug-likeness (QED) is 0.508. The Morgan fingerprint density at radius 1 is 1.10 bits per heavy atom. The lowest BCUT2D eigenvalue weighted by Gasteiger charge is -2.11. The molecule has 1 heterocycles. The van der Waals surface area contributed by atoms with Gasteiger partial charge in [0.15, 0.2) is 0 Å². The molecule has 0 radical (unpaired) electrons. The van der Waals surface area contributed by atoms with Gasteiger partial charge in [0, 0.05) is 16.6 Å². The fourth-order valence-electron chi connectivity index (χ4n) is 2.61. The van der Waals surface area contributed by atoms with Gasteiger partial charge in [-0.15, -0.1) is 0 Å². The lowest BCUT2D eigenvalue weighted by Crippen LogP contribution is -2.15. The number of ether oxygens (including phenoxy) is 1. The van der Waals surface area contributed by atoms with Gasteiger partial charge >= 0.3 is 0 Å². The first kappa shape index (κ1) is 21.2. The minimum atomic E-state index is -3.89. The predicted octanol–water partition coefficient (Wildman–Crippen LogP) is 5.44. The molecule has 154 valence electrons. The molecule has 0 saturated heterocycles. The first-order valence-electron chi connectivity index (χ1n) is 9.36. The Morgan fingerprint density at radius 3 is 2.34 bits per heavy atom. The Labute approximate surface area is 175 Å². The van der Waals surface area contributed by atoms with E-state index in [1.54, 1.807) is 24.3 Å². The second-order valence-electron chi connectivity index (χ2n) is 6.52. The summed E-state index contributed by atoms with van der Waals surface area (Å²) in [5, 5.41) is 3.42. The van der Waals surface area contributed by atoms with Gasteiger partial charge in [0.25, 0.3) is 0 Å². The third kappa shape index (κ3) is 4.74. The summed E-state index contributed by atoms with van der Waals surface area (Å²) in [5.41, 5.74) is 0.651. The second kappa shape index (κ2) is 8.88. The molecule has 0 aliphatic heterocycles. The summed E-state index contributed by atoms with van der Waals surface area (Å²) in [4.78, 5) is 4.42. The van der Waals surface area contributed by atoms with Gasteiger partial charge in [0.1, 0.15) is 5.75 Å². The van der Waals surface area contributed by atoms with Gasteiger partial charge in [-0.3, -0.25) is 0 Å². The smallest absolute Gasteiger partial charge is 0.234 e. The van der Waals surface area contributed by atoms with Crippen LogP contribution in [0.3, 0.4) is 0 Å². The van der Waals surface area contributed by atoms with Crippen molar-refractivity contribution in [2.75, 3.05) is 11.9 Å². The molecule has 2 aromatic carbocycles. The van der Waals surface area contributed by atoms with Gasteiger partial charge in [-0.2, -0.15) is 4.98 Å². The first-order chi connectivity index (χ1) is 13.8. The minimum absolute atomic E-state index is 0.00954. The van der Waals surface area contributed by atoms with Crippen molar-refractivity contribution < 1.29 is 17.6 Å². The SMILES string of the molecule is CCOc1ccc(-c2nc(S(=O)(=O)c3ccc(Cl)cc3)c(NC(C)CC)o2)cc1. The lowest BCUT2D eigenvalue weighted by molar-refractivity contribution is 0.340. The van der Waals surface area contributed by atoms with Gasteiger partial charge in [-0.05, 0) is 68.8 Å². The van der Waals surface area contributed by atoms with Gasteiger partial charge in [-0.1, -0.05) is 18.5 Å². The number of sulfone groups is 1. The molecule has 0 fully saturated rings. The summed E-state index contributed by atoms with van der Waals surface area (Å²) in [6.45, 7) is 6.40. The monoisotopic (exact) mass is 434 g/mol. The second-order valence-corrected chi connectivity index (χ2v) is 8.82. The lowest BCUT2D eigenvalue weighted by atomic mass is 10.2. The van der Waals surface area contributed by atoms with Crippen LogP contribution in [0, 0.1) is 0 Å². The number of nitrogens with one attached hydrogen (secondary N) is 1. The van der Waals surface area contributed by atoms with Crippen molar-refractivity contribution in [3.8, 4) is 17.2 Å². The number of rotatable bonds is 8. The molecule has 0 aliphatic rings. The van der Waals surface area contributed by atoms with Crippen molar-refractivity contribution >= 4 is 27.3 Å². The fraction of sp³-hybridized carbons (Fsp3) is 0.286. The van der Waals surface area contributed by atoms with E-state index in [2.05, 4.69) is 10.3 Å². The minimum Gasteiger partial charge on any atom is -0.494 e. The van der Waals surface area contributed by atoms with Crippen molar-refractivity contribution in [1.29, 1.82) is 0 Å². The van der Waals surface area contributed by atoms with Crippen LogP contribution in [-0.2, 0) is 9.84 Å². The van der Waals surface area contributed by atoms with Crippen LogP contribution < -0.4 is 10.1 Å². The Hall–Kier alpha value is -2.51. The highest BCUT2D eigenvalue weighted by molar-refractivity contribution is 7.91. The van der Waals surface area contributed by atoms with E-state index in [4.69, 9.17) is 20.8 Å². The normalized spacial score (nSPS) is 12.6. The molecule has 3 aromatic rings. The molecular formula is C21H23ClN2O4S. The highest BCUT2D eigenvalue weighted by Crippen LogP contribution is 2.33. The zero-order valence-corrected chi connectivity index (χ0v) is 18.0. The van der Waals surface area contributed by atoms with Gasteiger partial charge in [-0.25, -0.2) is 8.42 Å². The average Bonchev–Trinajstić information content (AvgIpc) is 3.13. The molecule has 1 aromatic heterocycles. The predicted molar refractivity (Wildman–Crippen MR) is 113 cm³/mol. The maximum atomic E-state index is 13.2. The van der Waals surface area contributed by atoms with Crippen LogP contribution in [-0.4, -0.2) is 26.1 Å². The summed E-state index contributed by atoms with van der Waals surface area (Å²) < 4.78 is 37.7. The third-order valence-corrected chi connectivity index (χ3v) is 6.31. The van der Waals surface area contributed by atoms with Crippen molar-refractivity contribution in [3.05, 3.63) is 53.6 Å². The molecule has 3 rings (SSSR count). The molecule has 0 bridgehead atoms. The molecule has 0 saturated carbocycles. The molecule has 1 unspecified atom stereocenters. The molecular weight excluding hydrogens is 412 g/mol. The zero-order chi connectivity index (χ0) is 21.0. The van der Waals surface area contributed by atoms with E-state index in [-0.39, 0.29) is 27.7 Å². The van der Waals surface area contributed by atoms with E-state index in [0.29, 0.717) is 17.2 Å². The number of hydrogen-bond acceptors (Lipinski definition) is 6. The van der Waals surface area contributed by atoms with Crippen LogP contribution in [0.25, 0.3) is 11.5 Å². The van der Waals surface area contributed by atoms with Crippen LogP contribution >= 0.6 is 11.6 Å². The number of aromatic nitrogens is 1. The Kier molecular flexibility index (Phi) is 6.49. The van der Waals surface area contributed by atoms with Crippen molar-refractivity contribution in [3.63, 3.8) is 0 Å². The standard InChI is InChI=1S/C21H23ClN2O4S/c1-4-14(3)23-20-21(29(25,26)18-12-8-16(22)9-13-18)24-19(28-20)15-6-10-17(11-7-15)27-5-2/h6-14,23H,4-5H2,1-3H3. The van der Waals surface area contributed by atoms with Gasteiger partial charge in [0.2, 0.25) is 26.6 Å². The maximum absolute atomic E-state index is 13.2. The van der Waals surface area contributed by atoms with E-state index in [1.165, 1.54) is 24.3 Å². The zero-order valence-electron chi connectivity index (χ0n) is 16.5. The summed E-state index contributed by atoms with van der Waals surface area (Å²) in [5.74, 6) is 1.05. The Balaban J connectivity index is 2.06. The van der Waals surface area contributed by atoms with Gasteiger partial charge in [0.05, 0.1) is 11.5 Å². The topological polar surface area (TPSA) is 81.4 Å². The van der Waals surface area contributed by atoms with Gasteiger partial charge < -0.3 is 14.5 Å². The molecule has 0 aliphatic carbocycles. The van der Waals surface area contributed by atoms with E-state index < -0.39 is 9.84 Å². The van der Waals surface area contributed by atoms with Crippen molar-refractivity contribution in [2.45, 2.75) is 43.2 Å². The summed E-state index contributed by atoms with van der Waals surface area (Å²) in [7, 11) is -3.89. The van der Waals surface area contributed by atoms with Crippen LogP contribution in [0.15, 0.2) is 62.9 Å². The molecule has 29 heavy (non-hydrogen) atoms. The van der Waals surface area contributed by atoms with Crippen molar-refractivity contribution in [2.24, 2.45) is 0 Å². The van der Waals surface area contributed by atoms with Crippen LogP contribution in [0.4, 0.5) is 5.88 Å². The number of halogens is 1. The highest BCUT2D eigenvalue weighted by atomic mass is 35.5. The fourth-order valence-corrected chi connectivity index (χ4v) is 4.01. The van der Waals surface area contributed by atoms with Crippen LogP contribution in [0.2, 0.25) is 5.02 Å². The summed E-state index contributed by atoms with van der Waals surface area (Å²) in [6.07, 6.45) is 0.791. The number of nitrogens with zero attached hydrogens (tertiary/aromatic N) is 1. The Bertz CT molecular complexity index is 1060. The van der Waals surface area contributed by atoms with Crippen LogP contribution in [0.5, 0.6) is 5.75 Å². The number of anilines is 1. The third-order valence-electron chi connectivity index (χ3n) is 4.38. The molecule has 6 nitrogen and oxygen atoms in total. The molecule has 1 atom stereocenters. The van der Waals surface area contributed by atoms with Crippen molar-refractivity contribution in [1.82, 2.24) is 4.98 Å². The molecule has 8 heteroatoms. The maximum Gasteiger partial charge on any atom is 0.234 e. The summed E-state index contributed by atoms with van der Waals surface area (Å²) in [6, 6.07) is 13.1. The number of benzene rings is 2. The number of hydrogen-bond donors (Lipinski definition) is 1. The summed E-state index contributed by atoms with van der Waals surface area (Å²) >= 11 is 5.89. The molecule has 0 spiro atoms. The van der Waals surface area contributed by atoms with E-state index in [9.17, 15) is 8.42 Å². The van der Waals surface area contributed by atoms with Crippen LogP contribution in [0.1, 0.15) is 27.2 Å². The first-order valence-corrected chi connectivity index (χ1v) is 11.2. The Morgan fingerprint density at radius 2 is 1.76 bits per heavy atom. The average molecular weight is 435 g/mol. The van der Waals surface area contributed by atoms with E-state index >= 15 is 0 Å². The number of oxazole rings is 1. The largest absolute Gasteiger partial charge is 0.494 e. The van der Waals surface area contributed by atoms with E-state index in [0.717, 1.165) is 12.2 Å². The molecule has 1 N–H and O–H groups in total. The molecule has 0 amide bonds. The highest BCUT2D eigenvalue weighted by Gasteiger charge is 2.29. The van der Waals surface area contributed by atoms with E-state index in [1.807, 2.05) is 20.8 Å².